The Morgan fingerprint density at radius 3 is 2.85 bits per heavy atom. The molecule has 136 valence electrons. The van der Waals surface area contributed by atoms with Crippen LogP contribution in [0.1, 0.15) is 19.8 Å². The maximum absolute atomic E-state index is 12.0. The predicted molar refractivity (Wildman–Crippen MR) is 101 cm³/mol. The van der Waals surface area contributed by atoms with E-state index in [-0.39, 0.29) is 23.5 Å². The molecule has 2 N–H and O–H groups in total. The summed E-state index contributed by atoms with van der Waals surface area (Å²) in [7, 11) is 0. The molecule has 0 saturated carbocycles. The number of nitrogens with one attached hydrogen (secondary N) is 2. The molecule has 0 atom stereocenters. The molecule has 3 amide bonds. The van der Waals surface area contributed by atoms with Gasteiger partial charge in [0.15, 0.2) is 4.34 Å². The summed E-state index contributed by atoms with van der Waals surface area (Å²) in [5, 5.41) is 14.5. The highest BCUT2D eigenvalue weighted by molar-refractivity contribution is 8.01. The van der Waals surface area contributed by atoms with Crippen LogP contribution in [0.25, 0.3) is 0 Å². The fraction of sp³-hybridized carbons (Fsp3) is 0.312. The minimum absolute atomic E-state index is 0.103. The number of imide groups is 1. The molecule has 0 bridgehead atoms. The molecule has 3 rings (SSSR count). The third-order valence-electron chi connectivity index (χ3n) is 3.53. The van der Waals surface area contributed by atoms with E-state index in [0.29, 0.717) is 28.1 Å². The van der Waals surface area contributed by atoms with Crippen LogP contribution < -0.4 is 10.6 Å². The summed E-state index contributed by atoms with van der Waals surface area (Å²) < 4.78 is 0.644. The van der Waals surface area contributed by atoms with Gasteiger partial charge in [-0.2, -0.15) is 0 Å². The Labute approximate surface area is 158 Å². The molecular weight excluding hydrogens is 374 g/mol. The van der Waals surface area contributed by atoms with Gasteiger partial charge in [-0.15, -0.1) is 10.2 Å². The third-order valence-corrected chi connectivity index (χ3v) is 5.49. The molecule has 26 heavy (non-hydrogen) atoms. The van der Waals surface area contributed by atoms with E-state index in [0.717, 1.165) is 12.1 Å². The minimum atomic E-state index is -0.190. The molecule has 1 aliphatic rings. The first-order valence-corrected chi connectivity index (χ1v) is 9.75. The quantitative estimate of drug-likeness (QED) is 0.729. The molecule has 1 aromatic heterocycles. The number of amides is 3. The Hall–Kier alpha value is -2.46. The van der Waals surface area contributed by atoms with Crippen LogP contribution in [0.3, 0.4) is 0 Å². The minimum Gasteiger partial charge on any atom is -0.330 e. The van der Waals surface area contributed by atoms with Gasteiger partial charge in [0, 0.05) is 31.3 Å². The number of likely N-dealkylation sites (tertiary alicyclic amines) is 1. The summed E-state index contributed by atoms with van der Waals surface area (Å²) in [4.78, 5) is 36.0. The molecule has 1 saturated heterocycles. The molecular formula is C16H17N5O3S2. The first kappa shape index (κ1) is 18.3. The van der Waals surface area contributed by atoms with E-state index in [4.69, 9.17) is 0 Å². The van der Waals surface area contributed by atoms with Crippen LogP contribution in [0.15, 0.2) is 28.6 Å². The van der Waals surface area contributed by atoms with Gasteiger partial charge in [-0.1, -0.05) is 29.2 Å². The predicted octanol–water partition coefficient (Wildman–Crippen LogP) is 2.48. The summed E-state index contributed by atoms with van der Waals surface area (Å²) in [5.74, 6) is -0.268. The van der Waals surface area contributed by atoms with Crippen molar-refractivity contribution in [3.63, 3.8) is 0 Å². The Balaban J connectivity index is 1.55. The number of anilines is 3. The van der Waals surface area contributed by atoms with Crippen molar-refractivity contribution in [2.75, 3.05) is 22.9 Å². The van der Waals surface area contributed by atoms with Crippen molar-refractivity contribution in [1.29, 1.82) is 0 Å². The fourth-order valence-electron chi connectivity index (χ4n) is 2.43. The summed E-state index contributed by atoms with van der Waals surface area (Å²) in [5.41, 5.74) is 1.45. The molecule has 0 aliphatic carbocycles. The standard InChI is InChI=1S/C16H17N5O3S2/c1-10(22)17-11-4-2-5-12(8-11)18-15-19-20-16(26-15)25-9-14(24)21-7-3-6-13(21)23/h2,4-5,8H,3,6-7,9H2,1H3,(H,17,22)(H,18,19). The zero-order valence-electron chi connectivity index (χ0n) is 14.0. The van der Waals surface area contributed by atoms with Crippen molar-refractivity contribution >= 4 is 57.3 Å². The van der Waals surface area contributed by atoms with Gasteiger partial charge in [-0.25, -0.2) is 0 Å². The average molecular weight is 391 g/mol. The molecule has 1 aromatic carbocycles. The highest BCUT2D eigenvalue weighted by Gasteiger charge is 2.26. The van der Waals surface area contributed by atoms with Crippen molar-refractivity contribution in [2.24, 2.45) is 0 Å². The van der Waals surface area contributed by atoms with Crippen LogP contribution in [0.5, 0.6) is 0 Å². The number of thioether (sulfide) groups is 1. The highest BCUT2D eigenvalue weighted by atomic mass is 32.2. The van der Waals surface area contributed by atoms with Crippen LogP contribution in [0, 0.1) is 0 Å². The first-order valence-electron chi connectivity index (χ1n) is 7.95. The lowest BCUT2D eigenvalue weighted by Gasteiger charge is -2.11. The van der Waals surface area contributed by atoms with Gasteiger partial charge < -0.3 is 10.6 Å². The summed E-state index contributed by atoms with van der Waals surface area (Å²) in [6, 6.07) is 7.25. The number of carbonyl (C=O) groups is 3. The Bertz CT molecular complexity index is 839. The van der Waals surface area contributed by atoms with Gasteiger partial charge in [0.2, 0.25) is 22.9 Å². The highest BCUT2D eigenvalue weighted by Crippen LogP contribution is 2.29. The zero-order chi connectivity index (χ0) is 18.5. The monoisotopic (exact) mass is 391 g/mol. The van der Waals surface area contributed by atoms with Crippen LogP contribution in [-0.4, -0.2) is 45.1 Å². The van der Waals surface area contributed by atoms with Gasteiger partial charge in [0.05, 0.1) is 5.75 Å². The number of hydrogen-bond acceptors (Lipinski definition) is 8. The number of aromatic nitrogens is 2. The van der Waals surface area contributed by atoms with Gasteiger partial charge in [-0.05, 0) is 24.6 Å². The molecule has 10 heteroatoms. The van der Waals surface area contributed by atoms with Crippen molar-refractivity contribution < 1.29 is 14.4 Å². The number of nitrogens with zero attached hydrogens (tertiary/aromatic N) is 3. The molecule has 8 nitrogen and oxygen atoms in total. The van der Waals surface area contributed by atoms with Crippen LogP contribution in [0.4, 0.5) is 16.5 Å². The number of hydrogen-bond donors (Lipinski definition) is 2. The van der Waals surface area contributed by atoms with Crippen molar-refractivity contribution in [1.82, 2.24) is 15.1 Å². The Morgan fingerprint density at radius 1 is 1.31 bits per heavy atom. The van der Waals surface area contributed by atoms with Crippen molar-refractivity contribution in [3.8, 4) is 0 Å². The SMILES string of the molecule is CC(=O)Nc1cccc(Nc2nnc(SCC(=O)N3CCCC3=O)s2)c1. The van der Waals surface area contributed by atoms with Crippen LogP contribution >= 0.6 is 23.1 Å². The molecule has 0 unspecified atom stereocenters. The lowest BCUT2D eigenvalue weighted by molar-refractivity contribution is -0.140. The van der Waals surface area contributed by atoms with E-state index in [1.165, 1.54) is 34.9 Å². The van der Waals surface area contributed by atoms with Crippen LogP contribution in [0.2, 0.25) is 0 Å². The lowest BCUT2D eigenvalue weighted by Crippen LogP contribution is -2.33. The fourth-order valence-corrected chi connectivity index (χ4v) is 4.08. The van der Waals surface area contributed by atoms with E-state index in [1.807, 2.05) is 12.1 Å². The maximum Gasteiger partial charge on any atom is 0.239 e. The largest absolute Gasteiger partial charge is 0.330 e. The first-order chi connectivity index (χ1) is 12.5. The van der Waals surface area contributed by atoms with Gasteiger partial charge >= 0.3 is 0 Å². The molecule has 0 radical (unpaired) electrons. The number of rotatable bonds is 6. The van der Waals surface area contributed by atoms with Gasteiger partial charge in [0.25, 0.3) is 0 Å². The molecule has 1 aliphatic heterocycles. The number of carbonyl (C=O) groups excluding carboxylic acids is 3. The molecule has 0 spiro atoms. The second kappa shape index (κ2) is 8.28. The van der Waals surface area contributed by atoms with E-state index >= 15 is 0 Å². The molecule has 1 fully saturated rings. The lowest BCUT2D eigenvalue weighted by atomic mass is 10.3. The van der Waals surface area contributed by atoms with Crippen molar-refractivity contribution in [3.05, 3.63) is 24.3 Å². The maximum atomic E-state index is 12.0. The van der Waals surface area contributed by atoms with E-state index in [1.54, 1.807) is 12.1 Å². The second-order valence-corrected chi connectivity index (χ2v) is 7.79. The Kier molecular flexibility index (Phi) is 5.84. The smallest absolute Gasteiger partial charge is 0.239 e. The van der Waals surface area contributed by atoms with E-state index in [2.05, 4.69) is 20.8 Å². The van der Waals surface area contributed by atoms with Crippen LogP contribution in [-0.2, 0) is 14.4 Å². The van der Waals surface area contributed by atoms with Gasteiger partial charge in [0.1, 0.15) is 0 Å². The molecule has 2 aromatic rings. The normalized spacial score (nSPS) is 13.7. The zero-order valence-corrected chi connectivity index (χ0v) is 15.7. The third kappa shape index (κ3) is 4.79. The number of benzene rings is 1. The summed E-state index contributed by atoms with van der Waals surface area (Å²) >= 11 is 2.58. The summed E-state index contributed by atoms with van der Waals surface area (Å²) in [6.07, 6.45) is 1.18. The van der Waals surface area contributed by atoms with Gasteiger partial charge in [-0.3, -0.25) is 19.3 Å². The topological polar surface area (TPSA) is 104 Å². The summed E-state index contributed by atoms with van der Waals surface area (Å²) in [6.45, 7) is 1.96. The second-order valence-electron chi connectivity index (χ2n) is 5.59. The molecule has 2 heterocycles. The van der Waals surface area contributed by atoms with E-state index < -0.39 is 0 Å². The van der Waals surface area contributed by atoms with E-state index in [9.17, 15) is 14.4 Å². The Morgan fingerprint density at radius 2 is 2.12 bits per heavy atom. The van der Waals surface area contributed by atoms with Crippen molar-refractivity contribution in [2.45, 2.75) is 24.1 Å². The average Bonchev–Trinajstić information content (AvgIpc) is 3.21.